The molecule has 88 valence electrons. The van der Waals surface area contributed by atoms with Crippen molar-refractivity contribution in [1.82, 2.24) is 10.2 Å². The minimum absolute atomic E-state index is 0.798. The van der Waals surface area contributed by atoms with Gasteiger partial charge in [0.2, 0.25) is 0 Å². The average molecular weight is 212 g/mol. The van der Waals surface area contributed by atoms with Crippen molar-refractivity contribution in [3.63, 3.8) is 0 Å². The van der Waals surface area contributed by atoms with E-state index in [1.165, 1.54) is 39.0 Å². The fourth-order valence-corrected chi connectivity index (χ4v) is 2.56. The highest BCUT2D eigenvalue weighted by atomic mass is 16.5. The van der Waals surface area contributed by atoms with Gasteiger partial charge in [0, 0.05) is 32.8 Å². The first-order valence-electron chi connectivity index (χ1n) is 6.35. The van der Waals surface area contributed by atoms with Gasteiger partial charge in [-0.25, -0.2) is 0 Å². The Kier molecular flexibility index (Phi) is 4.42. The van der Waals surface area contributed by atoms with Crippen molar-refractivity contribution in [1.29, 1.82) is 0 Å². The molecular formula is C12H24N2O. The molecule has 0 amide bonds. The van der Waals surface area contributed by atoms with E-state index in [1.54, 1.807) is 0 Å². The fourth-order valence-electron chi connectivity index (χ4n) is 2.56. The van der Waals surface area contributed by atoms with Gasteiger partial charge in [0.15, 0.2) is 0 Å². The quantitative estimate of drug-likeness (QED) is 0.754. The molecule has 3 heteroatoms. The van der Waals surface area contributed by atoms with Crippen LogP contribution in [-0.2, 0) is 4.74 Å². The smallest absolute Gasteiger partial charge is 0.0495 e. The highest BCUT2D eigenvalue weighted by Gasteiger charge is 2.18. The van der Waals surface area contributed by atoms with E-state index < -0.39 is 0 Å². The first kappa shape index (κ1) is 11.4. The molecule has 0 spiro atoms. The van der Waals surface area contributed by atoms with Crippen LogP contribution in [0.3, 0.4) is 0 Å². The highest BCUT2D eigenvalue weighted by molar-refractivity contribution is 4.73. The molecule has 0 saturated carbocycles. The minimum Gasteiger partial charge on any atom is -0.381 e. The molecule has 2 saturated heterocycles. The van der Waals surface area contributed by atoms with E-state index in [0.29, 0.717) is 0 Å². The fraction of sp³-hybridized carbons (Fsp3) is 1.00. The lowest BCUT2D eigenvalue weighted by Gasteiger charge is -2.23. The maximum atomic E-state index is 5.41. The number of ether oxygens (including phenoxy) is 1. The van der Waals surface area contributed by atoms with Crippen LogP contribution in [0.4, 0.5) is 0 Å². The average Bonchev–Trinajstić information content (AvgIpc) is 2.65. The number of hydrogen-bond donors (Lipinski definition) is 1. The lowest BCUT2D eigenvalue weighted by molar-refractivity contribution is 0.177. The van der Waals surface area contributed by atoms with E-state index in [2.05, 4.69) is 17.1 Å². The van der Waals surface area contributed by atoms with Crippen LogP contribution in [0.15, 0.2) is 0 Å². The van der Waals surface area contributed by atoms with Gasteiger partial charge in [-0.15, -0.1) is 0 Å². The maximum absolute atomic E-state index is 5.41. The summed E-state index contributed by atoms with van der Waals surface area (Å²) in [6.07, 6.45) is 2.61. The van der Waals surface area contributed by atoms with Gasteiger partial charge in [-0.2, -0.15) is 0 Å². The summed E-state index contributed by atoms with van der Waals surface area (Å²) >= 11 is 0. The molecule has 3 nitrogen and oxygen atoms in total. The Morgan fingerprint density at radius 2 is 2.40 bits per heavy atom. The van der Waals surface area contributed by atoms with Crippen LogP contribution >= 0.6 is 0 Å². The topological polar surface area (TPSA) is 24.5 Å². The zero-order valence-electron chi connectivity index (χ0n) is 9.87. The van der Waals surface area contributed by atoms with Crippen molar-refractivity contribution in [2.75, 3.05) is 45.9 Å². The van der Waals surface area contributed by atoms with E-state index in [9.17, 15) is 0 Å². The van der Waals surface area contributed by atoms with Gasteiger partial charge in [-0.05, 0) is 37.8 Å². The molecule has 1 N–H and O–H groups in total. The van der Waals surface area contributed by atoms with Gasteiger partial charge in [-0.3, -0.25) is 0 Å². The molecule has 2 atom stereocenters. The van der Waals surface area contributed by atoms with Gasteiger partial charge < -0.3 is 15.0 Å². The van der Waals surface area contributed by atoms with Crippen LogP contribution in [0.25, 0.3) is 0 Å². The predicted molar refractivity (Wildman–Crippen MR) is 62.0 cm³/mol. The maximum Gasteiger partial charge on any atom is 0.0495 e. The van der Waals surface area contributed by atoms with E-state index in [-0.39, 0.29) is 0 Å². The van der Waals surface area contributed by atoms with E-state index in [0.717, 1.165) is 31.6 Å². The summed E-state index contributed by atoms with van der Waals surface area (Å²) < 4.78 is 5.41. The normalized spacial score (nSPS) is 34.2. The molecule has 2 aliphatic heterocycles. The van der Waals surface area contributed by atoms with Crippen molar-refractivity contribution in [3.05, 3.63) is 0 Å². The van der Waals surface area contributed by atoms with Crippen molar-refractivity contribution in [2.45, 2.75) is 19.8 Å². The molecule has 15 heavy (non-hydrogen) atoms. The molecule has 2 unspecified atom stereocenters. The molecule has 0 aromatic heterocycles. The number of nitrogens with zero attached hydrogens (tertiary/aromatic N) is 1. The predicted octanol–water partition coefficient (Wildman–Crippen LogP) is 0.954. The summed E-state index contributed by atoms with van der Waals surface area (Å²) in [5.41, 5.74) is 0. The Labute approximate surface area is 93.2 Å². The molecule has 0 aromatic rings. The van der Waals surface area contributed by atoms with Crippen LogP contribution < -0.4 is 5.32 Å². The Hall–Kier alpha value is -0.120. The summed E-state index contributed by atoms with van der Waals surface area (Å²) in [7, 11) is 0. The number of nitrogens with one attached hydrogen (secondary N) is 1. The molecular weight excluding hydrogens is 188 g/mol. The highest BCUT2D eigenvalue weighted by Crippen LogP contribution is 2.17. The van der Waals surface area contributed by atoms with Crippen molar-refractivity contribution < 1.29 is 4.74 Å². The van der Waals surface area contributed by atoms with Gasteiger partial charge in [0.05, 0.1) is 0 Å². The van der Waals surface area contributed by atoms with Gasteiger partial charge in [0.1, 0.15) is 0 Å². The molecule has 0 aromatic carbocycles. The van der Waals surface area contributed by atoms with Crippen LogP contribution in [0.5, 0.6) is 0 Å². The third kappa shape index (κ3) is 3.74. The monoisotopic (exact) mass is 212 g/mol. The van der Waals surface area contributed by atoms with Crippen LogP contribution in [0.2, 0.25) is 0 Å². The molecule has 0 bridgehead atoms. The lowest BCUT2D eigenvalue weighted by atomic mass is 10.0. The van der Waals surface area contributed by atoms with Crippen LogP contribution in [-0.4, -0.2) is 50.8 Å². The molecule has 2 aliphatic rings. The Morgan fingerprint density at radius 3 is 3.20 bits per heavy atom. The summed E-state index contributed by atoms with van der Waals surface area (Å²) in [5.74, 6) is 1.63. The second-order valence-corrected chi connectivity index (χ2v) is 5.13. The van der Waals surface area contributed by atoms with Crippen molar-refractivity contribution >= 4 is 0 Å². The van der Waals surface area contributed by atoms with Crippen LogP contribution in [0.1, 0.15) is 19.8 Å². The summed E-state index contributed by atoms with van der Waals surface area (Å²) in [6, 6.07) is 0. The zero-order valence-corrected chi connectivity index (χ0v) is 9.87. The largest absolute Gasteiger partial charge is 0.381 e. The van der Waals surface area contributed by atoms with E-state index >= 15 is 0 Å². The second-order valence-electron chi connectivity index (χ2n) is 5.13. The number of hydrogen-bond acceptors (Lipinski definition) is 3. The second kappa shape index (κ2) is 5.83. The summed E-state index contributed by atoms with van der Waals surface area (Å²) in [4.78, 5) is 2.61. The zero-order chi connectivity index (χ0) is 10.5. The number of rotatable bonds is 3. The van der Waals surface area contributed by atoms with E-state index in [4.69, 9.17) is 4.74 Å². The first-order chi connectivity index (χ1) is 7.34. The van der Waals surface area contributed by atoms with E-state index in [1.807, 2.05) is 0 Å². The third-order valence-electron chi connectivity index (χ3n) is 3.55. The minimum atomic E-state index is 0.798. The lowest BCUT2D eigenvalue weighted by Crippen LogP contribution is -2.31. The Bertz CT molecular complexity index is 180. The Morgan fingerprint density at radius 1 is 1.47 bits per heavy atom. The van der Waals surface area contributed by atoms with Crippen molar-refractivity contribution in [3.8, 4) is 0 Å². The van der Waals surface area contributed by atoms with Gasteiger partial charge >= 0.3 is 0 Å². The van der Waals surface area contributed by atoms with Crippen molar-refractivity contribution in [2.24, 2.45) is 11.8 Å². The standard InChI is InChI=1S/C12H24N2O/c1-11-8-13-4-6-14(9-11)5-2-12-3-7-15-10-12/h11-13H,2-10H2,1H3. The van der Waals surface area contributed by atoms with Crippen LogP contribution in [0, 0.1) is 11.8 Å². The SMILES string of the molecule is CC1CNCCN(CCC2CCOC2)C1. The molecule has 2 rings (SSSR count). The van der Waals surface area contributed by atoms with Gasteiger partial charge in [-0.1, -0.05) is 6.92 Å². The third-order valence-corrected chi connectivity index (χ3v) is 3.55. The molecule has 0 radical (unpaired) electrons. The molecule has 2 fully saturated rings. The molecule has 0 aliphatic carbocycles. The Balaban J connectivity index is 1.67. The summed E-state index contributed by atoms with van der Waals surface area (Å²) in [5, 5.41) is 3.49. The molecule has 2 heterocycles. The first-order valence-corrected chi connectivity index (χ1v) is 6.35. The summed E-state index contributed by atoms with van der Waals surface area (Å²) in [6.45, 7) is 10.4. The van der Waals surface area contributed by atoms with Gasteiger partial charge in [0.25, 0.3) is 0 Å².